The minimum absolute atomic E-state index is 0. The van der Waals surface area contributed by atoms with E-state index >= 15 is 0 Å². The molecule has 1 fully saturated rings. The Morgan fingerprint density at radius 2 is 1.81 bits per heavy atom. The summed E-state index contributed by atoms with van der Waals surface area (Å²) in [4.78, 5) is 9.52. The van der Waals surface area contributed by atoms with Crippen LogP contribution in [0.2, 0.25) is 0 Å². The maximum absolute atomic E-state index is 4.44. The number of halogens is 1. The summed E-state index contributed by atoms with van der Waals surface area (Å²) in [6.45, 7) is 16.8. The van der Waals surface area contributed by atoms with Gasteiger partial charge in [0, 0.05) is 26.2 Å². The normalized spacial score (nSPS) is 16.8. The van der Waals surface area contributed by atoms with Gasteiger partial charge in [-0.3, -0.25) is 9.89 Å². The van der Waals surface area contributed by atoms with Crippen molar-refractivity contribution in [3.8, 4) is 0 Å². The topological polar surface area (TPSA) is 42.9 Å². The molecule has 6 heteroatoms. The highest BCUT2D eigenvalue weighted by molar-refractivity contribution is 14.0. The molecule has 178 valence electrons. The van der Waals surface area contributed by atoms with E-state index in [0.29, 0.717) is 6.04 Å². The molecule has 0 amide bonds. The fourth-order valence-electron chi connectivity index (χ4n) is 4.20. The number of benzene rings is 1. The lowest BCUT2D eigenvalue weighted by molar-refractivity contribution is 0.178. The molecule has 0 aromatic heterocycles. The zero-order chi connectivity index (χ0) is 21.8. The van der Waals surface area contributed by atoms with Crippen molar-refractivity contribution in [2.75, 3.05) is 46.3 Å². The van der Waals surface area contributed by atoms with Crippen LogP contribution in [0, 0.1) is 12.8 Å². The third-order valence-corrected chi connectivity index (χ3v) is 6.40. The smallest absolute Gasteiger partial charge is 0.191 e. The highest BCUT2D eigenvalue weighted by Gasteiger charge is 2.19. The van der Waals surface area contributed by atoms with E-state index in [4.69, 9.17) is 0 Å². The monoisotopic (exact) mass is 543 g/mol. The molecule has 1 saturated heterocycles. The molecule has 1 unspecified atom stereocenters. The number of nitrogens with zero attached hydrogens (tertiary/aromatic N) is 3. The quantitative estimate of drug-likeness (QED) is 0.245. The van der Waals surface area contributed by atoms with Crippen LogP contribution < -0.4 is 10.6 Å². The minimum Gasteiger partial charge on any atom is -0.356 e. The Bertz CT molecular complexity index is 607. The molecular weight excluding hydrogens is 497 g/mol. The van der Waals surface area contributed by atoms with Crippen LogP contribution >= 0.6 is 24.0 Å². The Kier molecular flexibility index (Phi) is 14.4. The highest BCUT2D eigenvalue weighted by Crippen LogP contribution is 2.18. The van der Waals surface area contributed by atoms with Crippen LogP contribution in [-0.4, -0.2) is 68.1 Å². The van der Waals surface area contributed by atoms with Crippen LogP contribution in [0.25, 0.3) is 0 Å². The fourth-order valence-corrected chi connectivity index (χ4v) is 4.20. The number of hydrogen-bond acceptors (Lipinski definition) is 3. The SMILES string of the molecule is CCN(CC)CCCC(C)NC(=NC)NCC1CCN(Cc2ccc(C)cc2)CC1.I. The second kappa shape index (κ2) is 15.9. The molecule has 1 aliphatic heterocycles. The number of rotatable bonds is 11. The Labute approximate surface area is 208 Å². The van der Waals surface area contributed by atoms with Gasteiger partial charge in [-0.2, -0.15) is 0 Å². The lowest BCUT2D eigenvalue weighted by Crippen LogP contribution is -2.45. The van der Waals surface area contributed by atoms with E-state index in [9.17, 15) is 0 Å². The van der Waals surface area contributed by atoms with Crippen LogP contribution in [0.5, 0.6) is 0 Å². The standard InChI is InChI=1S/C25H45N5.HI/c1-6-29(7-2)16-8-9-22(4)28-25(26-5)27-19-23-14-17-30(18-15-23)20-24-12-10-21(3)11-13-24;/h10-13,22-23H,6-9,14-20H2,1-5H3,(H2,26,27,28);1H. The minimum atomic E-state index is 0. The first kappa shape index (κ1) is 28.2. The van der Waals surface area contributed by atoms with E-state index in [0.717, 1.165) is 38.1 Å². The molecule has 2 rings (SSSR count). The van der Waals surface area contributed by atoms with Crippen molar-refractivity contribution in [2.45, 2.75) is 66.0 Å². The average molecular weight is 544 g/mol. The molecule has 2 N–H and O–H groups in total. The lowest BCUT2D eigenvalue weighted by Gasteiger charge is -2.32. The third-order valence-electron chi connectivity index (χ3n) is 6.40. The van der Waals surface area contributed by atoms with Gasteiger partial charge in [0.05, 0.1) is 0 Å². The van der Waals surface area contributed by atoms with Gasteiger partial charge >= 0.3 is 0 Å². The van der Waals surface area contributed by atoms with Crippen molar-refractivity contribution >= 4 is 29.9 Å². The summed E-state index contributed by atoms with van der Waals surface area (Å²) in [6, 6.07) is 9.41. The molecule has 0 radical (unpaired) electrons. The molecule has 31 heavy (non-hydrogen) atoms. The summed E-state index contributed by atoms with van der Waals surface area (Å²) in [5.41, 5.74) is 2.76. The van der Waals surface area contributed by atoms with Crippen molar-refractivity contribution in [1.82, 2.24) is 20.4 Å². The van der Waals surface area contributed by atoms with Crippen molar-refractivity contribution in [1.29, 1.82) is 0 Å². The van der Waals surface area contributed by atoms with Crippen molar-refractivity contribution in [2.24, 2.45) is 10.9 Å². The number of aryl methyl sites for hydroxylation is 1. The molecule has 0 aliphatic carbocycles. The molecule has 1 heterocycles. The van der Waals surface area contributed by atoms with Gasteiger partial charge in [-0.25, -0.2) is 0 Å². The molecule has 0 bridgehead atoms. The molecule has 1 aromatic rings. The van der Waals surface area contributed by atoms with Crippen LogP contribution in [0.1, 0.15) is 57.6 Å². The maximum atomic E-state index is 4.44. The number of hydrogen-bond donors (Lipinski definition) is 2. The summed E-state index contributed by atoms with van der Waals surface area (Å²) < 4.78 is 0. The Morgan fingerprint density at radius 3 is 2.39 bits per heavy atom. The summed E-state index contributed by atoms with van der Waals surface area (Å²) in [6.07, 6.45) is 4.92. The van der Waals surface area contributed by atoms with Crippen LogP contribution in [0.15, 0.2) is 29.3 Å². The third kappa shape index (κ3) is 11.0. The first-order chi connectivity index (χ1) is 14.5. The summed E-state index contributed by atoms with van der Waals surface area (Å²) in [5, 5.41) is 7.14. The predicted molar refractivity (Wildman–Crippen MR) is 146 cm³/mol. The second-order valence-corrected chi connectivity index (χ2v) is 8.87. The van der Waals surface area contributed by atoms with E-state index in [2.05, 4.69) is 77.4 Å². The second-order valence-electron chi connectivity index (χ2n) is 8.87. The Morgan fingerprint density at radius 1 is 1.16 bits per heavy atom. The molecule has 5 nitrogen and oxygen atoms in total. The fraction of sp³-hybridized carbons (Fsp3) is 0.720. The van der Waals surface area contributed by atoms with Gasteiger partial charge in [-0.05, 0) is 83.7 Å². The van der Waals surface area contributed by atoms with Gasteiger partial charge in [0.25, 0.3) is 0 Å². The average Bonchev–Trinajstić information content (AvgIpc) is 2.76. The largest absolute Gasteiger partial charge is 0.356 e. The predicted octanol–water partition coefficient (Wildman–Crippen LogP) is 4.50. The van der Waals surface area contributed by atoms with E-state index < -0.39 is 0 Å². The van der Waals surface area contributed by atoms with Crippen molar-refractivity contribution in [3.05, 3.63) is 35.4 Å². The molecule has 1 aromatic carbocycles. The molecule has 0 spiro atoms. The zero-order valence-electron chi connectivity index (χ0n) is 20.5. The van der Waals surface area contributed by atoms with Crippen LogP contribution in [-0.2, 0) is 6.54 Å². The van der Waals surface area contributed by atoms with E-state index in [1.807, 2.05) is 7.05 Å². The van der Waals surface area contributed by atoms with Crippen molar-refractivity contribution < 1.29 is 0 Å². The van der Waals surface area contributed by atoms with Gasteiger partial charge in [-0.15, -0.1) is 24.0 Å². The van der Waals surface area contributed by atoms with Gasteiger partial charge in [0.15, 0.2) is 5.96 Å². The van der Waals surface area contributed by atoms with Gasteiger partial charge in [0.2, 0.25) is 0 Å². The first-order valence-corrected chi connectivity index (χ1v) is 12.0. The van der Waals surface area contributed by atoms with Gasteiger partial charge in [-0.1, -0.05) is 43.7 Å². The maximum Gasteiger partial charge on any atom is 0.191 e. The van der Waals surface area contributed by atoms with Gasteiger partial charge in [0.1, 0.15) is 0 Å². The van der Waals surface area contributed by atoms with E-state index in [-0.39, 0.29) is 24.0 Å². The summed E-state index contributed by atoms with van der Waals surface area (Å²) >= 11 is 0. The van der Waals surface area contributed by atoms with E-state index in [1.54, 1.807) is 0 Å². The Balaban J connectivity index is 0.00000480. The number of nitrogens with one attached hydrogen (secondary N) is 2. The summed E-state index contributed by atoms with van der Waals surface area (Å²) in [7, 11) is 1.88. The van der Waals surface area contributed by atoms with Crippen LogP contribution in [0.4, 0.5) is 0 Å². The lowest BCUT2D eigenvalue weighted by atomic mass is 9.96. The number of likely N-dealkylation sites (tertiary alicyclic amines) is 1. The number of guanidine groups is 1. The highest BCUT2D eigenvalue weighted by atomic mass is 127. The zero-order valence-corrected chi connectivity index (χ0v) is 22.8. The summed E-state index contributed by atoms with van der Waals surface area (Å²) in [5.74, 6) is 1.68. The molecule has 0 saturated carbocycles. The molecule has 1 atom stereocenters. The molecule has 1 aliphatic rings. The van der Waals surface area contributed by atoms with E-state index in [1.165, 1.54) is 56.4 Å². The van der Waals surface area contributed by atoms with Crippen molar-refractivity contribution in [3.63, 3.8) is 0 Å². The van der Waals surface area contributed by atoms with Gasteiger partial charge < -0.3 is 15.5 Å². The molecular formula is C25H46IN5. The Hall–Kier alpha value is -0.860. The number of aliphatic imine (C=N–C) groups is 1. The number of piperidine rings is 1. The first-order valence-electron chi connectivity index (χ1n) is 12.0. The van der Waals surface area contributed by atoms with Crippen LogP contribution in [0.3, 0.4) is 0 Å².